The molecular formula is C20H19FN4O. The van der Waals surface area contributed by atoms with Gasteiger partial charge in [-0.3, -0.25) is 4.79 Å². The van der Waals surface area contributed by atoms with Crippen LogP contribution in [0.5, 0.6) is 0 Å². The Labute approximate surface area is 151 Å². The highest BCUT2D eigenvalue weighted by molar-refractivity contribution is 6.03. The van der Waals surface area contributed by atoms with E-state index >= 15 is 0 Å². The van der Waals surface area contributed by atoms with E-state index in [9.17, 15) is 9.18 Å². The highest BCUT2D eigenvalue weighted by Gasteiger charge is 2.14. The Hall–Kier alpha value is -3.28. The van der Waals surface area contributed by atoms with Crippen molar-refractivity contribution in [2.45, 2.75) is 13.8 Å². The fourth-order valence-electron chi connectivity index (χ4n) is 2.62. The third-order valence-corrected chi connectivity index (χ3v) is 3.89. The van der Waals surface area contributed by atoms with Crippen LogP contribution in [0.2, 0.25) is 0 Å². The van der Waals surface area contributed by atoms with Crippen molar-refractivity contribution in [3.8, 4) is 0 Å². The number of benzene rings is 2. The molecule has 0 spiro atoms. The first-order valence-electron chi connectivity index (χ1n) is 8.30. The molecule has 0 saturated heterocycles. The summed E-state index contributed by atoms with van der Waals surface area (Å²) in [6.45, 7) is 4.74. The van der Waals surface area contributed by atoms with Crippen molar-refractivity contribution in [3.63, 3.8) is 0 Å². The van der Waals surface area contributed by atoms with Crippen molar-refractivity contribution < 1.29 is 9.18 Å². The fourth-order valence-corrected chi connectivity index (χ4v) is 2.62. The van der Waals surface area contributed by atoms with Gasteiger partial charge in [-0.05, 0) is 55.8 Å². The normalized spacial score (nSPS) is 10.4. The van der Waals surface area contributed by atoms with Gasteiger partial charge in [0.15, 0.2) is 0 Å². The monoisotopic (exact) mass is 350 g/mol. The Balaban J connectivity index is 1.84. The number of carbonyl (C=O) groups excluding carboxylic acids is 1. The molecule has 6 heteroatoms. The molecule has 3 aromatic rings. The summed E-state index contributed by atoms with van der Waals surface area (Å²) in [5, 5.41) is 2.70. The quantitative estimate of drug-likeness (QED) is 0.744. The number of carbonyl (C=O) groups is 1. The Morgan fingerprint density at radius 1 is 1.12 bits per heavy atom. The first-order chi connectivity index (χ1) is 12.6. The number of halogens is 1. The van der Waals surface area contributed by atoms with Gasteiger partial charge in [0.25, 0.3) is 5.91 Å². The first kappa shape index (κ1) is 17.5. The van der Waals surface area contributed by atoms with E-state index in [1.54, 1.807) is 6.07 Å². The zero-order valence-electron chi connectivity index (χ0n) is 14.6. The lowest BCUT2D eigenvalue weighted by molar-refractivity contribution is 0.102. The maximum absolute atomic E-state index is 13.0. The minimum Gasteiger partial charge on any atom is -0.327 e. The Kier molecular flexibility index (Phi) is 5.22. The van der Waals surface area contributed by atoms with E-state index in [0.29, 0.717) is 18.1 Å². The van der Waals surface area contributed by atoms with Gasteiger partial charge in [-0.1, -0.05) is 12.1 Å². The number of amides is 1. The van der Waals surface area contributed by atoms with E-state index in [1.165, 1.54) is 30.6 Å². The first-order valence-corrected chi connectivity index (χ1v) is 8.30. The number of aromatic nitrogens is 2. The molecule has 0 radical (unpaired) electrons. The third-order valence-electron chi connectivity index (χ3n) is 3.89. The average molecular weight is 350 g/mol. The van der Waals surface area contributed by atoms with Gasteiger partial charge < -0.3 is 10.2 Å². The molecule has 0 fully saturated rings. The summed E-state index contributed by atoms with van der Waals surface area (Å²) in [6.07, 6.45) is 1.37. The van der Waals surface area contributed by atoms with Crippen molar-refractivity contribution in [3.05, 3.63) is 78.0 Å². The van der Waals surface area contributed by atoms with E-state index in [4.69, 9.17) is 0 Å². The largest absolute Gasteiger partial charge is 0.327 e. The van der Waals surface area contributed by atoms with Gasteiger partial charge >= 0.3 is 0 Å². The van der Waals surface area contributed by atoms with Crippen molar-refractivity contribution in [2.75, 3.05) is 16.8 Å². The maximum atomic E-state index is 13.0. The number of nitrogens with one attached hydrogen (secondary N) is 1. The zero-order valence-corrected chi connectivity index (χ0v) is 14.6. The summed E-state index contributed by atoms with van der Waals surface area (Å²) in [5.41, 5.74) is 2.88. The number of hydrogen-bond acceptors (Lipinski definition) is 4. The SMILES string of the molecule is CCN(c1cccc(C)c1)c1cc(C(=O)Nc2ccc(F)cc2)ncn1. The number of hydrogen-bond donors (Lipinski definition) is 1. The van der Waals surface area contributed by atoms with Crippen LogP contribution in [0.15, 0.2) is 60.9 Å². The van der Waals surface area contributed by atoms with Crippen molar-refractivity contribution >= 4 is 23.1 Å². The molecule has 0 atom stereocenters. The maximum Gasteiger partial charge on any atom is 0.274 e. The highest BCUT2D eigenvalue weighted by Crippen LogP contribution is 2.24. The van der Waals surface area contributed by atoms with Crippen molar-refractivity contribution in [2.24, 2.45) is 0 Å². The van der Waals surface area contributed by atoms with Crippen LogP contribution in [0.4, 0.5) is 21.6 Å². The van der Waals surface area contributed by atoms with E-state index in [0.717, 1.165) is 11.3 Å². The molecule has 1 N–H and O–H groups in total. The van der Waals surface area contributed by atoms with Crippen LogP contribution in [0, 0.1) is 12.7 Å². The zero-order chi connectivity index (χ0) is 18.5. The molecule has 2 aromatic carbocycles. The predicted molar refractivity (Wildman–Crippen MR) is 100 cm³/mol. The molecule has 0 aliphatic rings. The number of anilines is 3. The molecule has 1 heterocycles. The van der Waals surface area contributed by atoms with E-state index in [2.05, 4.69) is 21.4 Å². The van der Waals surface area contributed by atoms with Gasteiger partial charge in [0.05, 0.1) is 0 Å². The van der Waals surface area contributed by atoms with E-state index in [-0.39, 0.29) is 17.4 Å². The van der Waals surface area contributed by atoms with Crippen LogP contribution < -0.4 is 10.2 Å². The van der Waals surface area contributed by atoms with Crippen LogP contribution in [0.1, 0.15) is 23.0 Å². The summed E-state index contributed by atoms with van der Waals surface area (Å²) in [4.78, 5) is 22.8. The van der Waals surface area contributed by atoms with Gasteiger partial charge in [0.2, 0.25) is 0 Å². The number of rotatable bonds is 5. The van der Waals surface area contributed by atoms with Gasteiger partial charge in [-0.25, -0.2) is 14.4 Å². The third kappa shape index (κ3) is 4.03. The highest BCUT2D eigenvalue weighted by atomic mass is 19.1. The lowest BCUT2D eigenvalue weighted by atomic mass is 10.2. The average Bonchev–Trinajstić information content (AvgIpc) is 2.65. The van der Waals surface area contributed by atoms with E-state index in [1.807, 2.05) is 36.9 Å². The molecule has 3 rings (SSSR count). The topological polar surface area (TPSA) is 58.1 Å². The molecule has 0 unspecified atom stereocenters. The van der Waals surface area contributed by atoms with E-state index < -0.39 is 0 Å². The molecule has 0 saturated carbocycles. The summed E-state index contributed by atoms with van der Waals surface area (Å²) in [7, 11) is 0. The summed E-state index contributed by atoms with van der Waals surface area (Å²) in [5.74, 6) is -0.0954. The standard InChI is InChI=1S/C20H19FN4O/c1-3-25(17-6-4-5-14(2)11-17)19-12-18(22-13-23-19)20(26)24-16-9-7-15(21)8-10-16/h4-13H,3H2,1-2H3,(H,24,26). The van der Waals surface area contributed by atoms with Crippen LogP contribution in [0.3, 0.4) is 0 Å². The van der Waals surface area contributed by atoms with Crippen LogP contribution >= 0.6 is 0 Å². The molecule has 1 aromatic heterocycles. The van der Waals surface area contributed by atoms with Gasteiger partial charge in [-0.2, -0.15) is 0 Å². The lowest BCUT2D eigenvalue weighted by Crippen LogP contribution is -2.20. The summed E-state index contributed by atoms with van der Waals surface area (Å²) in [6, 6.07) is 15.3. The lowest BCUT2D eigenvalue weighted by Gasteiger charge is -2.22. The van der Waals surface area contributed by atoms with Crippen LogP contribution in [-0.4, -0.2) is 22.4 Å². The van der Waals surface area contributed by atoms with Crippen molar-refractivity contribution in [1.29, 1.82) is 0 Å². The molecule has 26 heavy (non-hydrogen) atoms. The van der Waals surface area contributed by atoms with Gasteiger partial charge in [0.1, 0.15) is 23.7 Å². The second-order valence-electron chi connectivity index (χ2n) is 5.81. The van der Waals surface area contributed by atoms with Gasteiger partial charge in [0, 0.05) is 24.0 Å². The fraction of sp³-hybridized carbons (Fsp3) is 0.150. The molecule has 1 amide bonds. The van der Waals surface area contributed by atoms with Crippen molar-refractivity contribution in [1.82, 2.24) is 9.97 Å². The number of aryl methyl sites for hydroxylation is 1. The molecule has 132 valence electrons. The molecule has 0 aliphatic carbocycles. The minimum absolute atomic E-state index is 0.241. The summed E-state index contributed by atoms with van der Waals surface area (Å²) < 4.78 is 13.0. The predicted octanol–water partition coefficient (Wildman–Crippen LogP) is 4.33. The Morgan fingerprint density at radius 3 is 2.58 bits per heavy atom. The molecule has 0 bridgehead atoms. The molecule has 5 nitrogen and oxygen atoms in total. The second-order valence-corrected chi connectivity index (χ2v) is 5.81. The van der Waals surface area contributed by atoms with Gasteiger partial charge in [-0.15, -0.1) is 0 Å². The molecular weight excluding hydrogens is 331 g/mol. The smallest absolute Gasteiger partial charge is 0.274 e. The summed E-state index contributed by atoms with van der Waals surface area (Å²) >= 11 is 0. The minimum atomic E-state index is -0.374. The second kappa shape index (κ2) is 7.74. The molecule has 0 aliphatic heterocycles. The number of nitrogens with zero attached hydrogens (tertiary/aromatic N) is 3. The van der Waals surface area contributed by atoms with Crippen LogP contribution in [-0.2, 0) is 0 Å². The Morgan fingerprint density at radius 2 is 1.88 bits per heavy atom. The Bertz CT molecular complexity index is 912. The van der Waals surface area contributed by atoms with Crippen LogP contribution in [0.25, 0.3) is 0 Å².